The quantitative estimate of drug-likeness (QED) is 0.581. The number of benzene rings is 1. The Morgan fingerprint density at radius 1 is 1.12 bits per heavy atom. The molecule has 0 aliphatic heterocycles. The van der Waals surface area contributed by atoms with E-state index in [0.717, 1.165) is 33.2 Å². The van der Waals surface area contributed by atoms with Gasteiger partial charge in [0.05, 0.1) is 14.6 Å². The van der Waals surface area contributed by atoms with Crippen molar-refractivity contribution < 1.29 is 13.2 Å². The van der Waals surface area contributed by atoms with Crippen molar-refractivity contribution in [3.8, 4) is 26.2 Å². The number of thiophene rings is 1. The van der Waals surface area contributed by atoms with Crippen LogP contribution in [-0.2, 0) is 9.84 Å². The average molecular weight is 406 g/mol. The van der Waals surface area contributed by atoms with E-state index in [1.165, 1.54) is 19.1 Å². The number of hydrogen-bond acceptors (Lipinski definition) is 6. The van der Waals surface area contributed by atoms with Crippen molar-refractivity contribution in [3.05, 3.63) is 41.8 Å². The van der Waals surface area contributed by atoms with Gasteiger partial charge in [-0.3, -0.25) is 0 Å². The minimum absolute atomic E-state index is 0.224. The van der Waals surface area contributed by atoms with Crippen LogP contribution in [0.25, 0.3) is 20.3 Å². The summed E-state index contributed by atoms with van der Waals surface area (Å²) in [5.74, 6) is 0.664. The first-order valence-electron chi connectivity index (χ1n) is 8.52. The molecule has 0 unspecified atom stereocenters. The molecule has 1 saturated carbocycles. The van der Waals surface area contributed by atoms with Gasteiger partial charge in [0, 0.05) is 6.26 Å². The summed E-state index contributed by atoms with van der Waals surface area (Å²) in [7, 11) is -3.20. The van der Waals surface area contributed by atoms with Crippen molar-refractivity contribution in [2.45, 2.75) is 36.7 Å². The van der Waals surface area contributed by atoms with E-state index in [1.54, 1.807) is 34.8 Å². The third-order valence-electron chi connectivity index (χ3n) is 4.45. The molecule has 0 spiro atoms. The highest BCUT2D eigenvalue weighted by Crippen LogP contribution is 2.42. The third-order valence-corrected chi connectivity index (χ3v) is 7.71. The molecular weight excluding hydrogens is 386 g/mol. The minimum Gasteiger partial charge on any atom is -0.473 e. The molecule has 1 aromatic carbocycles. The lowest BCUT2D eigenvalue weighted by Gasteiger charge is -2.12. The number of thiazole rings is 1. The molecule has 0 atom stereocenters. The molecule has 0 amide bonds. The molecule has 0 radical (unpaired) electrons. The Balaban J connectivity index is 1.73. The van der Waals surface area contributed by atoms with Crippen LogP contribution in [-0.4, -0.2) is 25.8 Å². The summed E-state index contributed by atoms with van der Waals surface area (Å²) in [4.78, 5) is 7.15. The molecule has 2 heterocycles. The number of rotatable bonds is 5. The van der Waals surface area contributed by atoms with Crippen LogP contribution in [0.2, 0.25) is 0 Å². The normalized spacial score (nSPS) is 15.4. The minimum atomic E-state index is -3.20. The first-order chi connectivity index (χ1) is 12.5. The van der Waals surface area contributed by atoms with Crippen LogP contribution in [0, 0.1) is 0 Å². The van der Waals surface area contributed by atoms with Crippen LogP contribution >= 0.6 is 22.7 Å². The highest BCUT2D eigenvalue weighted by molar-refractivity contribution is 7.90. The van der Waals surface area contributed by atoms with Gasteiger partial charge in [-0.05, 0) is 54.8 Å². The van der Waals surface area contributed by atoms with Crippen molar-refractivity contribution in [1.29, 1.82) is 0 Å². The van der Waals surface area contributed by atoms with Gasteiger partial charge in [0.1, 0.15) is 11.1 Å². The molecule has 4 rings (SSSR count). The summed E-state index contributed by atoms with van der Waals surface area (Å²) in [6.07, 6.45) is 5.98. The van der Waals surface area contributed by atoms with E-state index in [2.05, 4.69) is 6.07 Å². The Morgan fingerprint density at radius 2 is 1.85 bits per heavy atom. The molecule has 3 aromatic rings. The van der Waals surface area contributed by atoms with Crippen LogP contribution < -0.4 is 4.74 Å². The van der Waals surface area contributed by atoms with Gasteiger partial charge in [0.2, 0.25) is 5.88 Å². The molecule has 7 heteroatoms. The van der Waals surface area contributed by atoms with Gasteiger partial charge in [0.15, 0.2) is 9.84 Å². The van der Waals surface area contributed by atoms with Gasteiger partial charge >= 0.3 is 0 Å². The molecule has 1 aliphatic carbocycles. The smallest absolute Gasteiger partial charge is 0.233 e. The summed E-state index contributed by atoms with van der Waals surface area (Å²) in [6, 6.07) is 11.0. The van der Waals surface area contributed by atoms with E-state index in [1.807, 2.05) is 23.6 Å². The SMILES string of the molecule is CS(=O)(=O)c1ccc(-c2sc(-c3cccs3)nc2OC2CCCC2)cc1. The number of nitrogens with zero attached hydrogens (tertiary/aromatic N) is 1. The molecule has 136 valence electrons. The van der Waals surface area contributed by atoms with Crippen LogP contribution in [0.15, 0.2) is 46.7 Å². The Hall–Kier alpha value is -1.70. The van der Waals surface area contributed by atoms with Gasteiger partial charge in [-0.25, -0.2) is 13.4 Å². The predicted molar refractivity (Wildman–Crippen MR) is 107 cm³/mol. The highest BCUT2D eigenvalue weighted by Gasteiger charge is 2.22. The highest BCUT2D eigenvalue weighted by atomic mass is 32.2. The summed E-state index contributed by atoms with van der Waals surface area (Å²) in [6.45, 7) is 0. The Kier molecular flexibility index (Phi) is 4.86. The zero-order valence-corrected chi connectivity index (χ0v) is 16.8. The molecule has 0 N–H and O–H groups in total. The number of sulfone groups is 1. The van der Waals surface area contributed by atoms with E-state index in [9.17, 15) is 8.42 Å². The second kappa shape index (κ2) is 7.13. The van der Waals surface area contributed by atoms with Gasteiger partial charge < -0.3 is 4.74 Å². The second-order valence-electron chi connectivity index (χ2n) is 6.45. The van der Waals surface area contributed by atoms with Crippen molar-refractivity contribution in [2.24, 2.45) is 0 Å². The zero-order valence-electron chi connectivity index (χ0n) is 14.3. The molecule has 1 aliphatic rings. The fraction of sp³-hybridized carbons (Fsp3) is 0.316. The van der Waals surface area contributed by atoms with E-state index in [4.69, 9.17) is 9.72 Å². The Labute approximate surface area is 161 Å². The van der Waals surface area contributed by atoms with Gasteiger partial charge in [-0.2, -0.15) is 0 Å². The fourth-order valence-corrected chi connectivity index (χ4v) is 5.52. The van der Waals surface area contributed by atoms with Crippen molar-refractivity contribution >= 4 is 32.5 Å². The summed E-state index contributed by atoms with van der Waals surface area (Å²) in [5.41, 5.74) is 0.936. The lowest BCUT2D eigenvalue weighted by Crippen LogP contribution is -2.11. The van der Waals surface area contributed by atoms with Crippen LogP contribution in [0.4, 0.5) is 0 Å². The number of ether oxygens (including phenoxy) is 1. The maximum Gasteiger partial charge on any atom is 0.233 e. The third kappa shape index (κ3) is 3.70. The first-order valence-corrected chi connectivity index (χ1v) is 12.1. The second-order valence-corrected chi connectivity index (χ2v) is 10.4. The monoisotopic (exact) mass is 405 g/mol. The largest absolute Gasteiger partial charge is 0.473 e. The predicted octanol–water partition coefficient (Wildman–Crippen LogP) is 5.26. The number of hydrogen-bond donors (Lipinski definition) is 0. The molecule has 1 fully saturated rings. The molecule has 0 saturated heterocycles. The first kappa shape index (κ1) is 17.7. The standard InChI is InChI=1S/C19H19NO3S3/c1-26(21,22)15-10-8-13(9-11-15)17-18(23-14-5-2-3-6-14)20-19(25-17)16-7-4-12-24-16/h4,7-12,14H,2-3,5-6H2,1H3. The molecule has 4 nitrogen and oxygen atoms in total. The van der Waals surface area contributed by atoms with Crippen molar-refractivity contribution in [2.75, 3.05) is 6.26 Å². The van der Waals surface area contributed by atoms with E-state index in [0.29, 0.717) is 10.8 Å². The van der Waals surface area contributed by atoms with Crippen LogP contribution in [0.5, 0.6) is 5.88 Å². The maximum absolute atomic E-state index is 11.7. The van der Waals surface area contributed by atoms with E-state index < -0.39 is 9.84 Å². The number of aromatic nitrogens is 1. The van der Waals surface area contributed by atoms with Gasteiger partial charge in [-0.15, -0.1) is 22.7 Å². The summed E-state index contributed by atoms with van der Waals surface area (Å²) < 4.78 is 29.6. The Bertz CT molecular complexity index is 983. The molecular formula is C19H19NO3S3. The zero-order chi connectivity index (χ0) is 18.1. The molecule has 26 heavy (non-hydrogen) atoms. The van der Waals surface area contributed by atoms with E-state index in [-0.39, 0.29) is 6.10 Å². The Morgan fingerprint density at radius 3 is 2.46 bits per heavy atom. The lowest BCUT2D eigenvalue weighted by atomic mass is 10.2. The van der Waals surface area contributed by atoms with Gasteiger partial charge in [-0.1, -0.05) is 18.2 Å². The van der Waals surface area contributed by atoms with Gasteiger partial charge in [0.25, 0.3) is 0 Å². The fourth-order valence-electron chi connectivity index (χ4n) is 3.09. The van der Waals surface area contributed by atoms with Crippen LogP contribution in [0.3, 0.4) is 0 Å². The van der Waals surface area contributed by atoms with Crippen molar-refractivity contribution in [1.82, 2.24) is 4.98 Å². The maximum atomic E-state index is 11.7. The summed E-state index contributed by atoms with van der Waals surface area (Å²) >= 11 is 3.25. The molecule has 2 aromatic heterocycles. The van der Waals surface area contributed by atoms with Crippen molar-refractivity contribution in [3.63, 3.8) is 0 Å². The topological polar surface area (TPSA) is 56.3 Å². The molecule has 0 bridgehead atoms. The summed E-state index contributed by atoms with van der Waals surface area (Å²) in [5, 5.41) is 2.98. The average Bonchev–Trinajstić information content (AvgIpc) is 3.36. The van der Waals surface area contributed by atoms with E-state index >= 15 is 0 Å². The lowest BCUT2D eigenvalue weighted by molar-refractivity contribution is 0.204. The van der Waals surface area contributed by atoms with Crippen LogP contribution in [0.1, 0.15) is 25.7 Å².